The molecule has 3 aromatic rings. The maximum absolute atomic E-state index is 9.05. The van der Waals surface area contributed by atoms with Crippen LogP contribution < -0.4 is 0 Å². The molecule has 0 aliphatic rings. The summed E-state index contributed by atoms with van der Waals surface area (Å²) < 4.78 is 1.95. The molecule has 108 valence electrons. The third kappa shape index (κ3) is 3.00. The Morgan fingerprint density at radius 1 is 1.18 bits per heavy atom. The lowest BCUT2D eigenvalue weighted by molar-refractivity contribution is 0.867. The molecule has 0 saturated heterocycles. The normalized spacial score (nSPS) is 10.4. The van der Waals surface area contributed by atoms with Crippen LogP contribution in [0.15, 0.2) is 53.8 Å². The molecule has 22 heavy (non-hydrogen) atoms. The topological polar surface area (TPSA) is 67.4 Å². The molecule has 0 bridgehead atoms. The molecule has 2 aromatic heterocycles. The average Bonchev–Trinajstić information content (AvgIpc) is 2.94. The van der Waals surface area contributed by atoms with E-state index in [9.17, 15) is 0 Å². The third-order valence-corrected chi connectivity index (χ3v) is 4.07. The number of thioether (sulfide) groups is 1. The molecule has 0 N–H and O–H groups in total. The lowest BCUT2D eigenvalue weighted by Gasteiger charge is -2.08. The number of hydrogen-bond donors (Lipinski definition) is 0. The zero-order chi connectivity index (χ0) is 15.4. The monoisotopic (exact) mass is 307 g/mol. The first-order valence-corrected chi connectivity index (χ1v) is 7.72. The van der Waals surface area contributed by atoms with Crippen LogP contribution in [-0.4, -0.2) is 19.7 Å². The number of hydrogen-bond acceptors (Lipinski definition) is 5. The first kappa shape index (κ1) is 14.3. The lowest BCUT2D eigenvalue weighted by atomic mass is 10.2. The highest BCUT2D eigenvalue weighted by atomic mass is 32.2. The molecule has 1 aromatic carbocycles. The number of nitriles is 1. The van der Waals surface area contributed by atoms with Crippen molar-refractivity contribution < 1.29 is 0 Å². The molecule has 3 rings (SSSR count). The van der Waals surface area contributed by atoms with E-state index in [2.05, 4.69) is 21.3 Å². The van der Waals surface area contributed by atoms with E-state index in [1.807, 2.05) is 47.9 Å². The average molecular weight is 307 g/mol. The SMILES string of the molecule is Cc1nnc(SCc2ccccn2)n1-c1cccc(C#N)c1. The number of aromatic nitrogens is 4. The van der Waals surface area contributed by atoms with Crippen molar-refractivity contribution in [2.75, 3.05) is 0 Å². The van der Waals surface area contributed by atoms with Crippen molar-refractivity contribution >= 4 is 11.8 Å². The van der Waals surface area contributed by atoms with E-state index < -0.39 is 0 Å². The van der Waals surface area contributed by atoms with Crippen molar-refractivity contribution in [2.45, 2.75) is 17.8 Å². The van der Waals surface area contributed by atoms with E-state index in [0.717, 1.165) is 28.1 Å². The van der Waals surface area contributed by atoms with Crippen LogP contribution in [0.5, 0.6) is 0 Å². The second-order valence-corrected chi connectivity index (χ2v) is 5.58. The van der Waals surface area contributed by atoms with Crippen molar-refractivity contribution in [3.8, 4) is 11.8 Å². The van der Waals surface area contributed by atoms with Gasteiger partial charge in [0, 0.05) is 11.9 Å². The predicted octanol–water partition coefficient (Wildman–Crippen LogP) is 3.13. The van der Waals surface area contributed by atoms with Crippen LogP contribution in [0.25, 0.3) is 5.69 Å². The summed E-state index contributed by atoms with van der Waals surface area (Å²) in [5.74, 6) is 1.51. The summed E-state index contributed by atoms with van der Waals surface area (Å²) in [7, 11) is 0. The molecule has 0 atom stereocenters. The van der Waals surface area contributed by atoms with Crippen LogP contribution in [0.3, 0.4) is 0 Å². The van der Waals surface area contributed by atoms with Crippen molar-refractivity contribution in [1.29, 1.82) is 5.26 Å². The Morgan fingerprint density at radius 2 is 2.09 bits per heavy atom. The Kier molecular flexibility index (Phi) is 4.17. The maximum Gasteiger partial charge on any atom is 0.196 e. The molecule has 0 aliphatic carbocycles. The lowest BCUT2D eigenvalue weighted by Crippen LogP contribution is -2.00. The molecule has 0 amide bonds. The van der Waals surface area contributed by atoms with Crippen LogP contribution >= 0.6 is 11.8 Å². The van der Waals surface area contributed by atoms with Gasteiger partial charge in [0.05, 0.1) is 23.0 Å². The smallest absolute Gasteiger partial charge is 0.196 e. The third-order valence-electron chi connectivity index (χ3n) is 3.10. The number of rotatable bonds is 4. The summed E-state index contributed by atoms with van der Waals surface area (Å²) >= 11 is 1.57. The van der Waals surface area contributed by atoms with Gasteiger partial charge in [0.25, 0.3) is 0 Å². The first-order chi connectivity index (χ1) is 10.8. The standard InChI is InChI=1S/C16H13N5S/c1-12-19-20-16(22-11-14-6-2-3-8-18-14)21(12)15-7-4-5-13(9-15)10-17/h2-9H,11H2,1H3. The Balaban J connectivity index is 1.89. The second-order valence-electron chi connectivity index (χ2n) is 4.64. The summed E-state index contributed by atoms with van der Waals surface area (Å²) in [5.41, 5.74) is 2.50. The molecular weight excluding hydrogens is 294 g/mol. The number of pyridine rings is 1. The van der Waals surface area contributed by atoms with Gasteiger partial charge < -0.3 is 0 Å². The molecule has 0 fully saturated rings. The van der Waals surface area contributed by atoms with Gasteiger partial charge in [-0.15, -0.1) is 10.2 Å². The highest BCUT2D eigenvalue weighted by Gasteiger charge is 2.12. The molecule has 0 unspecified atom stereocenters. The Bertz CT molecular complexity index is 820. The highest BCUT2D eigenvalue weighted by Crippen LogP contribution is 2.24. The zero-order valence-corrected chi connectivity index (χ0v) is 12.8. The zero-order valence-electron chi connectivity index (χ0n) is 12.0. The summed E-state index contributed by atoms with van der Waals surface area (Å²) in [6.07, 6.45) is 1.78. The Morgan fingerprint density at radius 3 is 2.86 bits per heavy atom. The number of nitrogens with zero attached hydrogens (tertiary/aromatic N) is 5. The predicted molar refractivity (Wildman–Crippen MR) is 84.6 cm³/mol. The van der Waals surface area contributed by atoms with Gasteiger partial charge in [0.1, 0.15) is 5.82 Å². The molecule has 0 spiro atoms. The second kappa shape index (κ2) is 6.41. The van der Waals surface area contributed by atoms with Crippen LogP contribution in [0.1, 0.15) is 17.1 Å². The van der Waals surface area contributed by atoms with E-state index >= 15 is 0 Å². The van der Waals surface area contributed by atoms with Crippen LogP contribution in [0.2, 0.25) is 0 Å². The summed E-state index contributed by atoms with van der Waals surface area (Å²) in [6, 6.07) is 15.4. The van der Waals surface area contributed by atoms with Crippen LogP contribution in [-0.2, 0) is 5.75 Å². The van der Waals surface area contributed by atoms with E-state index in [4.69, 9.17) is 5.26 Å². The highest BCUT2D eigenvalue weighted by molar-refractivity contribution is 7.98. The fourth-order valence-corrected chi connectivity index (χ4v) is 2.98. The van der Waals surface area contributed by atoms with Crippen LogP contribution in [0, 0.1) is 18.3 Å². The molecule has 6 heteroatoms. The minimum absolute atomic E-state index is 0.617. The summed E-state index contributed by atoms with van der Waals surface area (Å²) in [5, 5.41) is 18.2. The fourth-order valence-electron chi connectivity index (χ4n) is 2.07. The van der Waals surface area contributed by atoms with Gasteiger partial charge in [0.15, 0.2) is 5.16 Å². The fraction of sp³-hybridized carbons (Fsp3) is 0.125. The Labute approximate surface area is 132 Å². The van der Waals surface area contributed by atoms with Crippen molar-refractivity contribution in [1.82, 2.24) is 19.7 Å². The quantitative estimate of drug-likeness (QED) is 0.693. The molecule has 0 radical (unpaired) electrons. The van der Waals surface area contributed by atoms with Gasteiger partial charge in [0.2, 0.25) is 0 Å². The van der Waals surface area contributed by atoms with Gasteiger partial charge >= 0.3 is 0 Å². The van der Waals surface area contributed by atoms with Gasteiger partial charge in [-0.25, -0.2) is 0 Å². The van der Waals surface area contributed by atoms with Gasteiger partial charge in [-0.05, 0) is 37.3 Å². The van der Waals surface area contributed by atoms with E-state index in [1.165, 1.54) is 0 Å². The van der Waals surface area contributed by atoms with Gasteiger partial charge in [-0.3, -0.25) is 9.55 Å². The molecule has 5 nitrogen and oxygen atoms in total. The molecule has 2 heterocycles. The maximum atomic E-state index is 9.05. The molecule has 0 aliphatic heterocycles. The number of aryl methyl sites for hydroxylation is 1. The minimum Gasteiger partial charge on any atom is -0.274 e. The molecular formula is C16H13N5S. The first-order valence-electron chi connectivity index (χ1n) is 6.73. The van der Waals surface area contributed by atoms with Crippen molar-refractivity contribution in [3.63, 3.8) is 0 Å². The van der Waals surface area contributed by atoms with Gasteiger partial charge in [-0.1, -0.05) is 23.9 Å². The van der Waals surface area contributed by atoms with Crippen molar-refractivity contribution in [3.05, 3.63) is 65.7 Å². The summed E-state index contributed by atoms with van der Waals surface area (Å²) in [6.45, 7) is 1.90. The largest absolute Gasteiger partial charge is 0.274 e. The summed E-state index contributed by atoms with van der Waals surface area (Å²) in [4.78, 5) is 4.31. The number of benzene rings is 1. The minimum atomic E-state index is 0.617. The van der Waals surface area contributed by atoms with Crippen LogP contribution in [0.4, 0.5) is 0 Å². The Hall–Kier alpha value is -2.65. The molecule has 0 saturated carbocycles. The van der Waals surface area contributed by atoms with Crippen molar-refractivity contribution in [2.24, 2.45) is 0 Å². The van der Waals surface area contributed by atoms with Gasteiger partial charge in [-0.2, -0.15) is 5.26 Å². The van der Waals surface area contributed by atoms with E-state index in [0.29, 0.717) is 5.56 Å². The van der Waals surface area contributed by atoms with E-state index in [1.54, 1.807) is 24.0 Å². The van der Waals surface area contributed by atoms with E-state index in [-0.39, 0.29) is 0 Å².